The van der Waals surface area contributed by atoms with Gasteiger partial charge in [0.2, 0.25) is 0 Å². The van der Waals surface area contributed by atoms with Gasteiger partial charge in [-0.1, -0.05) is 31.0 Å². The van der Waals surface area contributed by atoms with Crippen molar-refractivity contribution in [1.29, 1.82) is 5.26 Å². The van der Waals surface area contributed by atoms with Gasteiger partial charge in [-0.2, -0.15) is 5.26 Å². The van der Waals surface area contributed by atoms with Crippen LogP contribution in [0, 0.1) is 22.6 Å². The fraction of sp³-hybridized carbons (Fsp3) is 0.321. The van der Waals surface area contributed by atoms with E-state index < -0.39 is 17.4 Å². The number of nitriles is 1. The van der Waals surface area contributed by atoms with Crippen LogP contribution < -0.4 is 14.2 Å². The van der Waals surface area contributed by atoms with Crippen molar-refractivity contribution in [3.8, 4) is 34.4 Å². The molecule has 6 heteroatoms. The molecule has 1 unspecified atom stereocenters. The van der Waals surface area contributed by atoms with E-state index in [0.717, 1.165) is 24.2 Å². The summed E-state index contributed by atoms with van der Waals surface area (Å²) in [6.07, 6.45) is 0.961. The lowest BCUT2D eigenvalue weighted by atomic mass is 9.77. The van der Waals surface area contributed by atoms with E-state index in [1.807, 2.05) is 24.3 Å². The number of ether oxygens (including phenoxy) is 3. The summed E-state index contributed by atoms with van der Waals surface area (Å²) in [6, 6.07) is 19.0. The van der Waals surface area contributed by atoms with Crippen LogP contribution in [0.25, 0.3) is 11.1 Å². The van der Waals surface area contributed by atoms with Gasteiger partial charge < -0.3 is 14.2 Å². The molecule has 0 bridgehead atoms. The highest BCUT2D eigenvalue weighted by atomic mass is 19.1. The minimum Gasteiger partial charge on any atom is -0.497 e. The van der Waals surface area contributed by atoms with Gasteiger partial charge in [-0.05, 0) is 72.0 Å². The van der Waals surface area contributed by atoms with Crippen LogP contribution in [0.15, 0.2) is 60.7 Å². The number of hydrogen-bond acceptors (Lipinski definition) is 4. The number of rotatable bonds is 8. The molecule has 0 aliphatic heterocycles. The van der Waals surface area contributed by atoms with E-state index in [-0.39, 0.29) is 17.7 Å². The molecule has 0 radical (unpaired) electrons. The molecule has 1 fully saturated rings. The first-order valence-electron chi connectivity index (χ1n) is 11.3. The molecule has 0 aromatic heterocycles. The first-order chi connectivity index (χ1) is 16.5. The highest BCUT2D eigenvalue weighted by molar-refractivity contribution is 5.71. The zero-order valence-electron chi connectivity index (χ0n) is 19.3. The van der Waals surface area contributed by atoms with Crippen molar-refractivity contribution >= 4 is 0 Å². The van der Waals surface area contributed by atoms with E-state index in [9.17, 15) is 9.65 Å². The fourth-order valence-corrected chi connectivity index (χ4v) is 4.54. The molecule has 176 valence electrons. The van der Waals surface area contributed by atoms with Crippen molar-refractivity contribution in [2.75, 3.05) is 14.2 Å². The molecule has 1 saturated carbocycles. The van der Waals surface area contributed by atoms with Crippen molar-refractivity contribution in [3.05, 3.63) is 77.6 Å². The molecule has 3 aromatic carbocycles. The van der Waals surface area contributed by atoms with E-state index in [2.05, 4.69) is 6.07 Å². The lowest BCUT2D eigenvalue weighted by molar-refractivity contribution is 0.169. The third-order valence-corrected chi connectivity index (χ3v) is 6.53. The second-order valence-electron chi connectivity index (χ2n) is 8.57. The van der Waals surface area contributed by atoms with Gasteiger partial charge in [-0.15, -0.1) is 0 Å². The Morgan fingerprint density at radius 3 is 2.18 bits per heavy atom. The number of methoxy groups -OCH3 is 2. The maximum atomic E-state index is 16.1. The monoisotopic (exact) mass is 463 g/mol. The second kappa shape index (κ2) is 10.1. The van der Waals surface area contributed by atoms with E-state index >= 15 is 4.39 Å². The third-order valence-electron chi connectivity index (χ3n) is 6.53. The molecule has 3 aromatic rings. The number of hydrogen-bond donors (Lipinski definition) is 0. The molecule has 1 atom stereocenters. The standard InChI is InChI=1S/C28H27F2NO3/c1-32-20-7-5-19(6-8-20)17-34-22-9-11-23(24-15-21(33-2)10-12-26(24)29)25(16-22)27(30)28(18-31)13-3-4-14-28/h5-12,15-16,27H,3-4,13-14,17H2,1-2H3. The van der Waals surface area contributed by atoms with E-state index in [1.165, 1.54) is 19.2 Å². The van der Waals surface area contributed by atoms with E-state index in [1.54, 1.807) is 31.4 Å². The van der Waals surface area contributed by atoms with Crippen LogP contribution in [-0.2, 0) is 6.61 Å². The maximum Gasteiger partial charge on any atom is 0.144 e. The van der Waals surface area contributed by atoms with Gasteiger partial charge in [0.1, 0.15) is 35.8 Å². The molecule has 0 saturated heterocycles. The minimum absolute atomic E-state index is 0.227. The zero-order valence-corrected chi connectivity index (χ0v) is 19.3. The van der Waals surface area contributed by atoms with Gasteiger partial charge in [0, 0.05) is 5.56 Å². The predicted octanol–water partition coefficient (Wildman–Crippen LogP) is 7.18. The van der Waals surface area contributed by atoms with Crippen molar-refractivity contribution < 1.29 is 23.0 Å². The Morgan fingerprint density at radius 2 is 1.53 bits per heavy atom. The smallest absolute Gasteiger partial charge is 0.144 e. The van der Waals surface area contributed by atoms with Crippen molar-refractivity contribution in [2.24, 2.45) is 5.41 Å². The normalized spacial score (nSPS) is 15.4. The Balaban J connectivity index is 1.72. The third kappa shape index (κ3) is 4.70. The van der Waals surface area contributed by atoms with Crippen LogP contribution >= 0.6 is 0 Å². The summed E-state index contributed by atoms with van der Waals surface area (Å²) in [5.41, 5.74) is 0.666. The molecule has 1 aliphatic rings. The number of benzene rings is 3. The summed E-state index contributed by atoms with van der Waals surface area (Å²) in [4.78, 5) is 0. The molecule has 1 aliphatic carbocycles. The molecule has 0 amide bonds. The number of alkyl halides is 1. The summed E-state index contributed by atoms with van der Waals surface area (Å²) in [5, 5.41) is 9.89. The first kappa shape index (κ1) is 23.6. The average molecular weight is 464 g/mol. The van der Waals surface area contributed by atoms with Gasteiger partial charge in [-0.3, -0.25) is 0 Å². The quantitative estimate of drug-likeness (QED) is 0.355. The van der Waals surface area contributed by atoms with Gasteiger partial charge in [0.25, 0.3) is 0 Å². The van der Waals surface area contributed by atoms with Crippen molar-refractivity contribution in [3.63, 3.8) is 0 Å². The van der Waals surface area contributed by atoms with Gasteiger partial charge in [0.05, 0.1) is 25.7 Å². The molecule has 4 nitrogen and oxygen atoms in total. The number of halogens is 2. The summed E-state index contributed by atoms with van der Waals surface area (Å²) >= 11 is 0. The molecule has 0 N–H and O–H groups in total. The van der Waals surface area contributed by atoms with Gasteiger partial charge in [0.15, 0.2) is 0 Å². The molecular weight excluding hydrogens is 436 g/mol. The molecule has 34 heavy (non-hydrogen) atoms. The Labute approximate surface area is 198 Å². The van der Waals surface area contributed by atoms with E-state index in [4.69, 9.17) is 14.2 Å². The topological polar surface area (TPSA) is 51.5 Å². The Kier molecular flexibility index (Phi) is 7.02. The second-order valence-corrected chi connectivity index (χ2v) is 8.57. The highest BCUT2D eigenvalue weighted by Gasteiger charge is 2.44. The fourth-order valence-electron chi connectivity index (χ4n) is 4.54. The first-order valence-corrected chi connectivity index (χ1v) is 11.3. The van der Waals surface area contributed by atoms with Gasteiger partial charge in [-0.25, -0.2) is 8.78 Å². The van der Waals surface area contributed by atoms with Crippen LogP contribution in [0.1, 0.15) is 43.0 Å². The van der Waals surface area contributed by atoms with Crippen LogP contribution in [0.2, 0.25) is 0 Å². The Bertz CT molecular complexity index is 1180. The average Bonchev–Trinajstić information content (AvgIpc) is 3.38. The zero-order chi connectivity index (χ0) is 24.1. The maximum absolute atomic E-state index is 16.1. The lowest BCUT2D eigenvalue weighted by Crippen LogP contribution is -2.21. The van der Waals surface area contributed by atoms with Crippen molar-refractivity contribution in [2.45, 2.75) is 38.5 Å². The van der Waals surface area contributed by atoms with Crippen molar-refractivity contribution in [1.82, 2.24) is 0 Å². The summed E-state index contributed by atoms with van der Waals surface area (Å²) in [5.74, 6) is 1.17. The molecule has 0 heterocycles. The molecule has 4 rings (SSSR count). The summed E-state index contributed by atoms with van der Waals surface area (Å²) < 4.78 is 47.3. The Hall–Kier alpha value is -3.59. The van der Waals surface area contributed by atoms with Crippen LogP contribution in [-0.4, -0.2) is 14.2 Å². The number of nitrogens with zero attached hydrogens (tertiary/aromatic N) is 1. The van der Waals surface area contributed by atoms with Crippen LogP contribution in [0.5, 0.6) is 17.2 Å². The molecule has 0 spiro atoms. The lowest BCUT2D eigenvalue weighted by Gasteiger charge is -2.27. The molecular formula is C28H27F2NO3. The van der Waals surface area contributed by atoms with Crippen LogP contribution in [0.3, 0.4) is 0 Å². The SMILES string of the molecule is COc1ccc(COc2ccc(-c3cc(OC)ccc3F)c(C(F)C3(C#N)CCCC3)c2)cc1. The summed E-state index contributed by atoms with van der Waals surface area (Å²) in [6.45, 7) is 0.274. The largest absolute Gasteiger partial charge is 0.497 e. The predicted molar refractivity (Wildman–Crippen MR) is 126 cm³/mol. The Morgan fingerprint density at radius 1 is 0.882 bits per heavy atom. The van der Waals surface area contributed by atoms with E-state index in [0.29, 0.717) is 29.9 Å². The van der Waals surface area contributed by atoms with Gasteiger partial charge >= 0.3 is 0 Å². The highest BCUT2D eigenvalue weighted by Crippen LogP contribution is 2.51. The minimum atomic E-state index is -1.58. The summed E-state index contributed by atoms with van der Waals surface area (Å²) in [7, 11) is 3.10. The van der Waals surface area contributed by atoms with Crippen LogP contribution in [0.4, 0.5) is 8.78 Å².